The Kier molecular flexibility index (Phi) is 7.46. The molecule has 2 aliphatic rings. The highest BCUT2D eigenvalue weighted by atomic mass is 35.5. The molecule has 0 atom stereocenters. The molecular formula is C23H34ClN9O2. The molecule has 0 aliphatic carbocycles. The van der Waals surface area contributed by atoms with Gasteiger partial charge in [0.05, 0.1) is 6.04 Å². The van der Waals surface area contributed by atoms with Gasteiger partial charge >= 0.3 is 6.09 Å². The number of carbonyl (C=O) groups excluding carboxylic acids is 1. The number of nitrogens with zero attached hydrogens (tertiary/aromatic N) is 8. The minimum atomic E-state index is -0.647. The van der Waals surface area contributed by atoms with E-state index in [9.17, 15) is 4.79 Å². The Hall–Kier alpha value is -2.92. The lowest BCUT2D eigenvalue weighted by Crippen LogP contribution is -2.66. The Balaban J connectivity index is 1.61. The molecule has 0 radical (unpaired) electrons. The van der Waals surface area contributed by atoms with Crippen LogP contribution in [0.25, 0.3) is 0 Å². The first-order chi connectivity index (χ1) is 16.6. The summed E-state index contributed by atoms with van der Waals surface area (Å²) in [5, 5.41) is 3.71. The molecule has 190 valence electrons. The van der Waals surface area contributed by atoms with E-state index in [0.29, 0.717) is 25.6 Å². The fourth-order valence-electron chi connectivity index (χ4n) is 4.00. The van der Waals surface area contributed by atoms with E-state index in [2.05, 4.69) is 26.8 Å². The number of ether oxygens (including phenoxy) is 1. The van der Waals surface area contributed by atoms with Crippen LogP contribution in [-0.2, 0) is 4.74 Å². The van der Waals surface area contributed by atoms with E-state index in [1.165, 1.54) is 0 Å². The minimum absolute atomic E-state index is 0.152. The van der Waals surface area contributed by atoms with Crippen molar-refractivity contribution >= 4 is 35.3 Å². The van der Waals surface area contributed by atoms with Gasteiger partial charge in [0, 0.05) is 51.2 Å². The standard InChI is InChI=1S/C23H34ClN9O2/c1-5-6-11-32(21-27-10-8-19(29-21)30-12-16(25)13-30)33(22(34)35-23(2,3)4)17-14-31(15-17)18-7-9-26-20(24)28-18/h7-10,16-17H,5-6,11-15,25H2,1-4H3. The van der Waals surface area contributed by atoms with Crippen LogP contribution in [0.3, 0.4) is 0 Å². The number of aromatic nitrogens is 4. The maximum absolute atomic E-state index is 13.5. The van der Waals surface area contributed by atoms with E-state index in [0.717, 1.165) is 37.6 Å². The molecule has 0 saturated carbocycles. The van der Waals surface area contributed by atoms with Gasteiger partial charge in [0.2, 0.25) is 11.2 Å². The zero-order chi connectivity index (χ0) is 25.2. The molecule has 0 bridgehead atoms. The normalized spacial score (nSPS) is 16.5. The molecule has 0 spiro atoms. The second-order valence-corrected chi connectivity index (χ2v) is 10.3. The van der Waals surface area contributed by atoms with Crippen LogP contribution in [-0.4, -0.2) is 81.4 Å². The molecule has 2 aromatic heterocycles. The summed E-state index contributed by atoms with van der Waals surface area (Å²) < 4.78 is 5.82. The molecule has 35 heavy (non-hydrogen) atoms. The second-order valence-electron chi connectivity index (χ2n) is 9.92. The minimum Gasteiger partial charge on any atom is -0.442 e. The average Bonchev–Trinajstić information content (AvgIpc) is 2.74. The topological polar surface area (TPSA) is 117 Å². The summed E-state index contributed by atoms with van der Waals surface area (Å²) in [4.78, 5) is 35.2. The SMILES string of the molecule is CCCCN(c1nccc(N2CC(N)C2)n1)N(C(=O)OC(C)(C)C)C1CN(c2ccnc(Cl)n2)C1. The molecule has 2 fully saturated rings. The van der Waals surface area contributed by atoms with Crippen molar-refractivity contribution in [1.82, 2.24) is 24.9 Å². The summed E-state index contributed by atoms with van der Waals surface area (Å²) in [5.41, 5.74) is 5.32. The van der Waals surface area contributed by atoms with Crippen LogP contribution in [0.1, 0.15) is 40.5 Å². The second kappa shape index (κ2) is 10.4. The summed E-state index contributed by atoms with van der Waals surface area (Å²) >= 11 is 5.98. The first-order valence-electron chi connectivity index (χ1n) is 12.0. The zero-order valence-corrected chi connectivity index (χ0v) is 21.5. The zero-order valence-electron chi connectivity index (χ0n) is 20.8. The average molecular weight is 504 g/mol. The van der Waals surface area contributed by atoms with Crippen LogP contribution in [0.4, 0.5) is 22.4 Å². The molecule has 11 nitrogen and oxygen atoms in total. The van der Waals surface area contributed by atoms with Crippen LogP contribution in [0.15, 0.2) is 24.5 Å². The molecule has 4 rings (SSSR count). The molecular weight excluding hydrogens is 470 g/mol. The van der Waals surface area contributed by atoms with E-state index in [1.54, 1.807) is 23.5 Å². The number of carbonyl (C=O) groups is 1. The van der Waals surface area contributed by atoms with E-state index in [-0.39, 0.29) is 17.4 Å². The Bertz CT molecular complexity index is 1020. The van der Waals surface area contributed by atoms with Crippen molar-refractivity contribution in [2.75, 3.05) is 47.5 Å². The molecule has 1 amide bonds. The molecule has 4 heterocycles. The van der Waals surface area contributed by atoms with Gasteiger partial charge in [-0.3, -0.25) is 0 Å². The van der Waals surface area contributed by atoms with Crippen molar-refractivity contribution < 1.29 is 9.53 Å². The summed E-state index contributed by atoms with van der Waals surface area (Å²) in [5.74, 6) is 1.98. The van der Waals surface area contributed by atoms with Crippen molar-refractivity contribution in [3.63, 3.8) is 0 Å². The molecule has 2 saturated heterocycles. The lowest BCUT2D eigenvalue weighted by Gasteiger charge is -2.49. The smallest absolute Gasteiger partial charge is 0.429 e. The van der Waals surface area contributed by atoms with E-state index in [4.69, 9.17) is 27.1 Å². The first-order valence-corrected chi connectivity index (χ1v) is 12.4. The number of anilines is 3. The Morgan fingerprint density at radius 3 is 2.34 bits per heavy atom. The number of halogens is 1. The fourth-order valence-corrected chi connectivity index (χ4v) is 4.15. The number of nitrogens with two attached hydrogens (primary N) is 1. The summed E-state index contributed by atoms with van der Waals surface area (Å²) in [6.07, 6.45) is 4.73. The van der Waals surface area contributed by atoms with Crippen LogP contribution >= 0.6 is 11.6 Å². The molecule has 12 heteroatoms. The quantitative estimate of drug-likeness (QED) is 0.425. The van der Waals surface area contributed by atoms with Gasteiger partial charge in [0.1, 0.15) is 17.2 Å². The van der Waals surface area contributed by atoms with Gasteiger partial charge in [-0.1, -0.05) is 13.3 Å². The van der Waals surface area contributed by atoms with Gasteiger partial charge in [0.25, 0.3) is 0 Å². The Morgan fingerprint density at radius 1 is 1.11 bits per heavy atom. The molecule has 0 aromatic carbocycles. The van der Waals surface area contributed by atoms with E-state index in [1.807, 2.05) is 36.7 Å². The van der Waals surface area contributed by atoms with Gasteiger partial charge in [-0.25, -0.2) is 29.8 Å². The first kappa shape index (κ1) is 25.2. The maximum Gasteiger partial charge on any atom is 0.429 e. The van der Waals surface area contributed by atoms with Crippen LogP contribution in [0.5, 0.6) is 0 Å². The monoisotopic (exact) mass is 503 g/mol. The lowest BCUT2D eigenvalue weighted by atomic mass is 10.1. The molecule has 2 aliphatic heterocycles. The Labute approximate surface area is 211 Å². The molecule has 0 unspecified atom stereocenters. The predicted octanol–water partition coefficient (Wildman–Crippen LogP) is 2.71. The van der Waals surface area contributed by atoms with Crippen LogP contribution in [0.2, 0.25) is 5.28 Å². The van der Waals surface area contributed by atoms with Crippen LogP contribution in [0, 0.1) is 0 Å². The van der Waals surface area contributed by atoms with Crippen molar-refractivity contribution in [3.8, 4) is 0 Å². The predicted molar refractivity (Wildman–Crippen MR) is 136 cm³/mol. The third kappa shape index (κ3) is 6.02. The number of hydrogen-bond acceptors (Lipinski definition) is 10. The summed E-state index contributed by atoms with van der Waals surface area (Å²) in [6, 6.07) is 3.67. The fraction of sp³-hybridized carbons (Fsp3) is 0.609. The third-order valence-corrected chi connectivity index (χ3v) is 5.98. The highest BCUT2D eigenvalue weighted by molar-refractivity contribution is 6.28. The molecule has 2 aromatic rings. The lowest BCUT2D eigenvalue weighted by molar-refractivity contribution is 0.00899. The molecule has 2 N–H and O–H groups in total. The van der Waals surface area contributed by atoms with E-state index < -0.39 is 11.7 Å². The highest BCUT2D eigenvalue weighted by Crippen LogP contribution is 2.28. The summed E-state index contributed by atoms with van der Waals surface area (Å²) in [6.45, 7) is 10.9. The number of hydrazine groups is 1. The van der Waals surface area contributed by atoms with Gasteiger partial charge in [0.15, 0.2) is 0 Å². The summed E-state index contributed by atoms with van der Waals surface area (Å²) in [7, 11) is 0. The number of unbranched alkanes of at least 4 members (excludes halogenated alkanes) is 1. The van der Waals surface area contributed by atoms with Gasteiger partial charge in [-0.15, -0.1) is 0 Å². The van der Waals surface area contributed by atoms with E-state index >= 15 is 0 Å². The number of amides is 1. The van der Waals surface area contributed by atoms with Crippen molar-refractivity contribution in [2.45, 2.75) is 58.2 Å². The van der Waals surface area contributed by atoms with Crippen molar-refractivity contribution in [2.24, 2.45) is 5.73 Å². The largest absolute Gasteiger partial charge is 0.442 e. The maximum atomic E-state index is 13.5. The third-order valence-electron chi connectivity index (χ3n) is 5.80. The highest BCUT2D eigenvalue weighted by Gasteiger charge is 2.41. The van der Waals surface area contributed by atoms with Crippen molar-refractivity contribution in [1.29, 1.82) is 0 Å². The van der Waals surface area contributed by atoms with Gasteiger partial charge < -0.3 is 20.3 Å². The number of rotatable bonds is 8. The Morgan fingerprint density at radius 2 is 1.74 bits per heavy atom. The number of hydrogen-bond donors (Lipinski definition) is 1. The van der Waals surface area contributed by atoms with Gasteiger partial charge in [-0.05, 0) is 50.9 Å². The van der Waals surface area contributed by atoms with Gasteiger partial charge in [-0.2, -0.15) is 4.98 Å². The van der Waals surface area contributed by atoms with Crippen LogP contribution < -0.4 is 20.5 Å². The van der Waals surface area contributed by atoms with Crippen molar-refractivity contribution in [3.05, 3.63) is 29.8 Å².